The molecule has 30 heavy (non-hydrogen) atoms. The van der Waals surface area contributed by atoms with E-state index in [2.05, 4.69) is 15.2 Å². The molecule has 0 N–H and O–H groups in total. The predicted octanol–water partition coefficient (Wildman–Crippen LogP) is 3.62. The highest BCUT2D eigenvalue weighted by atomic mass is 32.2. The molecule has 9 heteroatoms. The molecule has 4 rings (SSSR count). The molecular formula is C21H23N5O3S. The number of sulfonamides is 1. The molecule has 0 amide bonds. The van der Waals surface area contributed by atoms with E-state index in [1.807, 2.05) is 49.4 Å². The van der Waals surface area contributed by atoms with Crippen LogP contribution in [0.5, 0.6) is 5.75 Å². The van der Waals surface area contributed by atoms with Gasteiger partial charge < -0.3 is 4.74 Å². The molecule has 0 atom stereocenters. The summed E-state index contributed by atoms with van der Waals surface area (Å²) in [7, 11) is -2.38. The monoisotopic (exact) mass is 425 g/mol. The Morgan fingerprint density at radius 1 is 1.07 bits per heavy atom. The lowest BCUT2D eigenvalue weighted by atomic mass is 10.2. The Kier molecular flexibility index (Phi) is 5.07. The van der Waals surface area contributed by atoms with Crippen molar-refractivity contribution in [3.63, 3.8) is 0 Å². The van der Waals surface area contributed by atoms with E-state index in [4.69, 9.17) is 4.74 Å². The SMILES string of the molecule is CCOc1ccc(S(=O)(=O)N(C)c2nc3ccccc3n3c(C(C)C)nnc23)cc1. The molecule has 0 radical (unpaired) electrons. The van der Waals surface area contributed by atoms with Crippen LogP contribution >= 0.6 is 0 Å². The maximum absolute atomic E-state index is 13.3. The van der Waals surface area contributed by atoms with E-state index in [-0.39, 0.29) is 16.6 Å². The van der Waals surface area contributed by atoms with Gasteiger partial charge in [0.25, 0.3) is 10.0 Å². The van der Waals surface area contributed by atoms with E-state index in [0.717, 1.165) is 15.6 Å². The van der Waals surface area contributed by atoms with E-state index in [0.29, 0.717) is 23.5 Å². The Balaban J connectivity index is 1.89. The van der Waals surface area contributed by atoms with Crippen LogP contribution in [0.15, 0.2) is 53.4 Å². The molecule has 0 saturated carbocycles. The topological polar surface area (TPSA) is 89.7 Å². The second-order valence-electron chi connectivity index (χ2n) is 7.17. The van der Waals surface area contributed by atoms with Crippen LogP contribution in [0, 0.1) is 0 Å². The highest BCUT2D eigenvalue weighted by Gasteiger charge is 2.27. The van der Waals surface area contributed by atoms with E-state index in [9.17, 15) is 8.42 Å². The standard InChI is InChI=1S/C21H23N5O3S/c1-5-29-15-10-12-16(13-11-15)30(27,28)25(4)20-21-24-23-19(14(2)3)26(21)18-9-7-6-8-17(18)22-20/h6-14H,5H2,1-4H3. The lowest BCUT2D eigenvalue weighted by Gasteiger charge is -2.20. The minimum absolute atomic E-state index is 0.103. The number of anilines is 1. The Labute approximate surface area is 175 Å². The summed E-state index contributed by atoms with van der Waals surface area (Å²) in [4.78, 5) is 4.76. The summed E-state index contributed by atoms with van der Waals surface area (Å²) in [5, 5.41) is 8.59. The van der Waals surface area contributed by atoms with Gasteiger partial charge in [0.1, 0.15) is 11.6 Å². The third kappa shape index (κ3) is 3.24. The van der Waals surface area contributed by atoms with Crippen LogP contribution in [-0.2, 0) is 10.0 Å². The summed E-state index contributed by atoms with van der Waals surface area (Å²) < 4.78 is 35.1. The Morgan fingerprint density at radius 3 is 2.43 bits per heavy atom. The molecular weight excluding hydrogens is 402 g/mol. The first-order valence-corrected chi connectivity index (χ1v) is 11.1. The molecule has 0 spiro atoms. The van der Waals surface area contributed by atoms with Gasteiger partial charge in [0.05, 0.1) is 22.5 Å². The van der Waals surface area contributed by atoms with E-state index >= 15 is 0 Å². The fourth-order valence-corrected chi connectivity index (χ4v) is 4.47. The Morgan fingerprint density at radius 2 is 1.77 bits per heavy atom. The number of hydrogen-bond donors (Lipinski definition) is 0. The maximum Gasteiger partial charge on any atom is 0.265 e. The summed E-state index contributed by atoms with van der Waals surface area (Å²) in [6.07, 6.45) is 0. The Bertz CT molecular complexity index is 1310. The average molecular weight is 426 g/mol. The number of nitrogens with zero attached hydrogens (tertiary/aromatic N) is 5. The Hall–Kier alpha value is -3.20. The van der Waals surface area contributed by atoms with Crippen LogP contribution in [0.4, 0.5) is 5.82 Å². The average Bonchev–Trinajstić information content (AvgIpc) is 3.19. The molecule has 0 aliphatic heterocycles. The van der Waals surface area contributed by atoms with Gasteiger partial charge in [-0.1, -0.05) is 26.0 Å². The van der Waals surface area contributed by atoms with Crippen molar-refractivity contribution < 1.29 is 13.2 Å². The largest absolute Gasteiger partial charge is 0.494 e. The first kappa shape index (κ1) is 20.1. The predicted molar refractivity (Wildman–Crippen MR) is 116 cm³/mol. The van der Waals surface area contributed by atoms with Crippen molar-refractivity contribution in [2.45, 2.75) is 31.6 Å². The third-order valence-electron chi connectivity index (χ3n) is 4.84. The number of aromatic nitrogens is 4. The van der Waals surface area contributed by atoms with Crippen molar-refractivity contribution in [3.8, 4) is 5.75 Å². The lowest BCUT2D eigenvalue weighted by molar-refractivity contribution is 0.340. The number of para-hydroxylation sites is 2. The molecule has 2 aromatic carbocycles. The lowest BCUT2D eigenvalue weighted by Crippen LogP contribution is -2.28. The molecule has 0 aliphatic rings. The third-order valence-corrected chi connectivity index (χ3v) is 6.61. The van der Waals surface area contributed by atoms with Crippen molar-refractivity contribution in [1.29, 1.82) is 0 Å². The molecule has 4 aromatic rings. The molecule has 0 aliphatic carbocycles. The minimum atomic E-state index is -3.86. The zero-order chi connectivity index (χ0) is 21.5. The zero-order valence-electron chi connectivity index (χ0n) is 17.3. The molecule has 0 saturated heterocycles. The fraction of sp³-hybridized carbons (Fsp3) is 0.286. The number of fused-ring (bicyclic) bond motifs is 3. The molecule has 156 valence electrons. The minimum Gasteiger partial charge on any atom is -0.494 e. The highest BCUT2D eigenvalue weighted by Crippen LogP contribution is 2.29. The summed E-state index contributed by atoms with van der Waals surface area (Å²) in [6.45, 7) is 6.42. The zero-order valence-corrected chi connectivity index (χ0v) is 18.1. The highest BCUT2D eigenvalue weighted by molar-refractivity contribution is 7.92. The van der Waals surface area contributed by atoms with Gasteiger partial charge in [-0.3, -0.25) is 4.40 Å². The van der Waals surface area contributed by atoms with E-state index in [1.165, 1.54) is 19.2 Å². The summed E-state index contributed by atoms with van der Waals surface area (Å²) in [6, 6.07) is 13.9. The van der Waals surface area contributed by atoms with Gasteiger partial charge in [-0.05, 0) is 43.3 Å². The molecule has 0 bridgehead atoms. The molecule has 8 nitrogen and oxygen atoms in total. The van der Waals surface area contributed by atoms with Crippen molar-refractivity contribution in [1.82, 2.24) is 19.6 Å². The van der Waals surface area contributed by atoms with Crippen LogP contribution in [0.2, 0.25) is 0 Å². The van der Waals surface area contributed by atoms with Gasteiger partial charge >= 0.3 is 0 Å². The normalized spacial score (nSPS) is 12.0. The van der Waals surface area contributed by atoms with Crippen LogP contribution in [0.3, 0.4) is 0 Å². The molecule has 0 unspecified atom stereocenters. The molecule has 2 heterocycles. The van der Waals surface area contributed by atoms with Gasteiger partial charge in [-0.15, -0.1) is 10.2 Å². The molecule has 2 aromatic heterocycles. The van der Waals surface area contributed by atoms with Gasteiger partial charge in [0, 0.05) is 13.0 Å². The second kappa shape index (κ2) is 7.56. The fourth-order valence-electron chi connectivity index (χ4n) is 3.32. The first-order valence-electron chi connectivity index (χ1n) is 9.70. The van der Waals surface area contributed by atoms with E-state index in [1.54, 1.807) is 12.1 Å². The number of ether oxygens (including phenoxy) is 1. The van der Waals surface area contributed by atoms with E-state index < -0.39 is 10.0 Å². The van der Waals surface area contributed by atoms with Crippen LogP contribution < -0.4 is 9.04 Å². The number of hydrogen-bond acceptors (Lipinski definition) is 6. The van der Waals surface area contributed by atoms with Crippen molar-refractivity contribution >= 4 is 32.5 Å². The van der Waals surface area contributed by atoms with Gasteiger partial charge in [0.15, 0.2) is 5.82 Å². The summed E-state index contributed by atoms with van der Waals surface area (Å²) >= 11 is 0. The number of rotatable bonds is 6. The number of benzene rings is 2. The second-order valence-corrected chi connectivity index (χ2v) is 9.14. The van der Waals surface area contributed by atoms with Gasteiger partial charge in [-0.2, -0.15) is 0 Å². The molecule has 0 fully saturated rings. The van der Waals surface area contributed by atoms with Crippen LogP contribution in [0.1, 0.15) is 32.5 Å². The van der Waals surface area contributed by atoms with Crippen molar-refractivity contribution in [3.05, 3.63) is 54.4 Å². The first-order chi connectivity index (χ1) is 14.3. The van der Waals surface area contributed by atoms with Crippen molar-refractivity contribution in [2.24, 2.45) is 0 Å². The quantitative estimate of drug-likeness (QED) is 0.469. The van der Waals surface area contributed by atoms with Gasteiger partial charge in [-0.25, -0.2) is 17.7 Å². The smallest absolute Gasteiger partial charge is 0.265 e. The van der Waals surface area contributed by atoms with Gasteiger partial charge in [0.2, 0.25) is 5.65 Å². The van der Waals surface area contributed by atoms with Crippen LogP contribution in [-0.4, -0.2) is 41.7 Å². The van der Waals surface area contributed by atoms with Crippen LogP contribution in [0.25, 0.3) is 16.7 Å². The maximum atomic E-state index is 13.3. The summed E-state index contributed by atoms with van der Waals surface area (Å²) in [5.74, 6) is 1.69. The summed E-state index contributed by atoms with van der Waals surface area (Å²) in [5.41, 5.74) is 1.89. The van der Waals surface area contributed by atoms with Crippen molar-refractivity contribution in [2.75, 3.05) is 18.0 Å².